The molecule has 5 rings (SSSR count). The molecule has 0 aliphatic carbocycles. The minimum Gasteiger partial charge on any atom is -0.334 e. The van der Waals surface area contributed by atoms with Crippen LogP contribution in [0.1, 0.15) is 41.4 Å². The molecule has 1 fully saturated rings. The number of carbonyl (C=O) groups is 1. The SMILES string of the molecule is Cc1cc(-c2n[nH]c3c2CN(C(=O)NC2CC(C)CN(Cc4c(F)cccc4C(F)(F)F)C2)CC3)ccn1. The minimum absolute atomic E-state index is 0.124. The van der Waals surface area contributed by atoms with Crippen LogP contribution in [-0.4, -0.2) is 56.7 Å². The van der Waals surface area contributed by atoms with Gasteiger partial charge in [-0.2, -0.15) is 18.3 Å². The maximum Gasteiger partial charge on any atom is 0.416 e. The highest BCUT2D eigenvalue weighted by Gasteiger charge is 2.36. The summed E-state index contributed by atoms with van der Waals surface area (Å²) in [4.78, 5) is 21.0. The zero-order chi connectivity index (χ0) is 27.0. The second-order valence-electron chi connectivity index (χ2n) is 10.3. The first kappa shape index (κ1) is 26.1. The molecule has 1 saturated heterocycles. The van der Waals surface area contributed by atoms with Crippen LogP contribution >= 0.6 is 0 Å². The van der Waals surface area contributed by atoms with Gasteiger partial charge in [0.25, 0.3) is 0 Å². The predicted molar refractivity (Wildman–Crippen MR) is 133 cm³/mol. The standard InChI is InChI=1S/C27H30F4N6O/c1-16-10-19(13-36(12-16)14-20-22(27(29,30)31)4-3-5-23(20)28)33-26(38)37-9-7-24-21(15-37)25(35-34-24)18-6-8-32-17(2)11-18/h3-6,8,11,16,19H,7,9-10,12-15H2,1-2H3,(H,33,38)(H,34,35). The lowest BCUT2D eigenvalue weighted by Crippen LogP contribution is -2.53. The van der Waals surface area contributed by atoms with Crippen LogP contribution in [0.4, 0.5) is 22.4 Å². The number of hydrogen-bond donors (Lipinski definition) is 2. The summed E-state index contributed by atoms with van der Waals surface area (Å²) in [6.07, 6.45) is -1.58. The van der Waals surface area contributed by atoms with Crippen molar-refractivity contribution in [3.8, 4) is 11.3 Å². The maximum absolute atomic E-state index is 14.4. The fraction of sp³-hybridized carbons (Fsp3) is 0.444. The van der Waals surface area contributed by atoms with E-state index in [4.69, 9.17) is 0 Å². The average Bonchev–Trinajstić information content (AvgIpc) is 3.27. The summed E-state index contributed by atoms with van der Waals surface area (Å²) in [5.41, 5.74) is 3.25. The highest BCUT2D eigenvalue weighted by atomic mass is 19.4. The van der Waals surface area contributed by atoms with E-state index in [0.29, 0.717) is 39.0 Å². The van der Waals surface area contributed by atoms with Gasteiger partial charge in [-0.1, -0.05) is 13.0 Å². The van der Waals surface area contributed by atoms with E-state index in [0.717, 1.165) is 46.4 Å². The van der Waals surface area contributed by atoms with E-state index in [-0.39, 0.29) is 30.1 Å². The number of alkyl halides is 3. The van der Waals surface area contributed by atoms with Gasteiger partial charge in [-0.3, -0.25) is 15.0 Å². The molecule has 4 heterocycles. The molecular formula is C27H30F4N6O. The van der Waals surface area contributed by atoms with E-state index in [1.54, 1.807) is 16.0 Å². The molecule has 202 valence electrons. The Hall–Kier alpha value is -3.47. The van der Waals surface area contributed by atoms with Gasteiger partial charge in [-0.05, 0) is 43.5 Å². The monoisotopic (exact) mass is 530 g/mol. The first-order valence-electron chi connectivity index (χ1n) is 12.7. The Labute approximate surface area is 218 Å². The number of rotatable bonds is 4. The van der Waals surface area contributed by atoms with Crippen LogP contribution in [0.5, 0.6) is 0 Å². The smallest absolute Gasteiger partial charge is 0.334 e. The number of aryl methyl sites for hydroxylation is 1. The number of nitrogens with zero attached hydrogens (tertiary/aromatic N) is 4. The first-order valence-corrected chi connectivity index (χ1v) is 12.7. The maximum atomic E-state index is 14.4. The number of fused-ring (bicyclic) bond motifs is 1. The van der Waals surface area contributed by atoms with Gasteiger partial charge in [0.15, 0.2) is 0 Å². The molecule has 1 aromatic carbocycles. The zero-order valence-electron chi connectivity index (χ0n) is 21.3. The number of carbonyl (C=O) groups excluding carboxylic acids is 1. The Morgan fingerprint density at radius 3 is 2.82 bits per heavy atom. The number of amides is 2. The predicted octanol–water partition coefficient (Wildman–Crippen LogP) is 4.92. The summed E-state index contributed by atoms with van der Waals surface area (Å²) in [7, 11) is 0. The fourth-order valence-corrected chi connectivity index (χ4v) is 5.57. The number of likely N-dealkylation sites (tertiary alicyclic amines) is 1. The highest BCUT2D eigenvalue weighted by molar-refractivity contribution is 5.76. The number of halogens is 4. The molecule has 0 bridgehead atoms. The second kappa shape index (κ2) is 10.4. The van der Waals surface area contributed by atoms with E-state index in [1.807, 2.05) is 26.0 Å². The van der Waals surface area contributed by atoms with Gasteiger partial charge in [0.05, 0.1) is 17.8 Å². The number of H-pyrrole nitrogens is 1. The van der Waals surface area contributed by atoms with Crippen molar-refractivity contribution in [2.24, 2.45) is 5.92 Å². The Balaban J connectivity index is 1.27. The van der Waals surface area contributed by atoms with Crippen molar-refractivity contribution in [1.29, 1.82) is 0 Å². The quantitative estimate of drug-likeness (QED) is 0.470. The van der Waals surface area contributed by atoms with Crippen molar-refractivity contribution in [2.75, 3.05) is 19.6 Å². The number of aromatic amines is 1. The van der Waals surface area contributed by atoms with E-state index < -0.39 is 17.6 Å². The summed E-state index contributed by atoms with van der Waals surface area (Å²) in [6.45, 7) is 5.50. The Kier molecular flexibility index (Phi) is 7.13. The van der Waals surface area contributed by atoms with E-state index in [2.05, 4.69) is 20.5 Å². The van der Waals surface area contributed by atoms with Gasteiger partial charge in [0.2, 0.25) is 0 Å². The minimum atomic E-state index is -4.64. The lowest BCUT2D eigenvalue weighted by Gasteiger charge is -2.38. The number of pyridine rings is 1. The lowest BCUT2D eigenvalue weighted by atomic mass is 9.94. The first-order chi connectivity index (χ1) is 18.1. The van der Waals surface area contributed by atoms with E-state index in [9.17, 15) is 22.4 Å². The van der Waals surface area contributed by atoms with Gasteiger partial charge in [0.1, 0.15) is 5.82 Å². The normalized spacial score (nSPS) is 20.3. The molecule has 2 aromatic heterocycles. The molecule has 0 spiro atoms. The number of urea groups is 1. The Morgan fingerprint density at radius 2 is 2.05 bits per heavy atom. The second-order valence-corrected chi connectivity index (χ2v) is 10.3. The number of hydrogen-bond acceptors (Lipinski definition) is 4. The molecule has 38 heavy (non-hydrogen) atoms. The molecule has 2 atom stereocenters. The number of piperidine rings is 1. The van der Waals surface area contributed by atoms with E-state index in [1.165, 1.54) is 0 Å². The van der Waals surface area contributed by atoms with Crippen LogP contribution in [0.25, 0.3) is 11.3 Å². The van der Waals surface area contributed by atoms with Crippen LogP contribution < -0.4 is 5.32 Å². The van der Waals surface area contributed by atoms with Gasteiger partial charge in [-0.15, -0.1) is 0 Å². The third kappa shape index (κ3) is 5.52. The third-order valence-electron chi connectivity index (χ3n) is 7.26. The van der Waals surface area contributed by atoms with Crippen molar-refractivity contribution >= 4 is 6.03 Å². The van der Waals surface area contributed by atoms with Crippen molar-refractivity contribution < 1.29 is 22.4 Å². The molecule has 2 unspecified atom stereocenters. The number of benzene rings is 1. The zero-order valence-corrected chi connectivity index (χ0v) is 21.3. The molecule has 3 aromatic rings. The topological polar surface area (TPSA) is 77.2 Å². The molecule has 2 aliphatic rings. The van der Waals surface area contributed by atoms with Crippen molar-refractivity contribution in [3.05, 3.63) is 70.4 Å². The van der Waals surface area contributed by atoms with Gasteiger partial charge >= 0.3 is 12.2 Å². The van der Waals surface area contributed by atoms with Crippen LogP contribution in [0.2, 0.25) is 0 Å². The summed E-state index contributed by atoms with van der Waals surface area (Å²) in [5, 5.41) is 10.6. The average molecular weight is 531 g/mol. The number of nitrogens with one attached hydrogen (secondary N) is 2. The summed E-state index contributed by atoms with van der Waals surface area (Å²) in [5.74, 6) is -0.749. The Morgan fingerprint density at radius 1 is 1.24 bits per heavy atom. The third-order valence-corrected chi connectivity index (χ3v) is 7.26. The molecule has 7 nitrogen and oxygen atoms in total. The molecule has 2 amide bonds. The summed E-state index contributed by atoms with van der Waals surface area (Å²) in [6, 6.07) is 6.39. The van der Waals surface area contributed by atoms with Crippen molar-refractivity contribution in [1.82, 2.24) is 30.3 Å². The van der Waals surface area contributed by atoms with Crippen LogP contribution in [0, 0.1) is 18.7 Å². The summed E-state index contributed by atoms with van der Waals surface area (Å²) >= 11 is 0. The Bertz CT molecular complexity index is 1320. The van der Waals surface area contributed by atoms with Crippen LogP contribution in [-0.2, 0) is 25.7 Å². The van der Waals surface area contributed by atoms with Crippen molar-refractivity contribution in [3.63, 3.8) is 0 Å². The van der Waals surface area contributed by atoms with Gasteiger partial charge in [0, 0.05) is 72.9 Å². The molecular weight excluding hydrogens is 500 g/mol. The largest absolute Gasteiger partial charge is 0.416 e. The molecule has 11 heteroatoms. The van der Waals surface area contributed by atoms with E-state index >= 15 is 0 Å². The van der Waals surface area contributed by atoms with Crippen LogP contribution in [0.15, 0.2) is 36.5 Å². The molecule has 0 saturated carbocycles. The molecule has 2 N–H and O–H groups in total. The summed E-state index contributed by atoms with van der Waals surface area (Å²) < 4.78 is 54.9. The number of aromatic nitrogens is 3. The van der Waals surface area contributed by atoms with Crippen LogP contribution in [0.3, 0.4) is 0 Å². The molecule has 2 aliphatic heterocycles. The molecule has 0 radical (unpaired) electrons. The lowest BCUT2D eigenvalue weighted by molar-refractivity contribution is -0.138. The van der Waals surface area contributed by atoms with Crippen molar-refractivity contribution in [2.45, 2.75) is 52.0 Å². The van der Waals surface area contributed by atoms with Gasteiger partial charge in [-0.25, -0.2) is 9.18 Å². The highest BCUT2D eigenvalue weighted by Crippen LogP contribution is 2.34. The van der Waals surface area contributed by atoms with Gasteiger partial charge < -0.3 is 10.2 Å². The fourth-order valence-electron chi connectivity index (χ4n) is 5.57.